The van der Waals surface area contributed by atoms with E-state index in [2.05, 4.69) is 16.0 Å². The first-order valence-corrected chi connectivity index (χ1v) is 8.27. The van der Waals surface area contributed by atoms with Crippen molar-refractivity contribution < 1.29 is 34.8 Å². The lowest BCUT2D eigenvalue weighted by atomic mass is 10.1. The van der Waals surface area contributed by atoms with Crippen molar-refractivity contribution in [3.8, 4) is 0 Å². The quantitative estimate of drug-likeness (QED) is 0.163. The largest absolute Gasteiger partial charge is 0.480 e. The summed E-state index contributed by atoms with van der Waals surface area (Å²) < 4.78 is 0. The van der Waals surface area contributed by atoms with Gasteiger partial charge in [0.1, 0.15) is 12.1 Å². The first-order valence-electron chi connectivity index (χ1n) is 8.27. The van der Waals surface area contributed by atoms with Crippen LogP contribution in [0, 0.1) is 0 Å². The maximum Gasteiger partial charge on any atom is 0.332 e. The van der Waals surface area contributed by atoms with Gasteiger partial charge in [-0.25, -0.2) is 4.79 Å². The molecule has 0 saturated heterocycles. The van der Waals surface area contributed by atoms with Gasteiger partial charge in [0, 0.05) is 0 Å². The van der Waals surface area contributed by atoms with Crippen LogP contribution in [0.1, 0.15) is 32.1 Å². The molecule has 0 aromatic heterocycles. The number of rotatable bonds is 16. The number of hydrogen-bond acceptors (Lipinski definition) is 7. The first kappa shape index (κ1) is 23.2. The molecule has 0 spiro atoms. The standard InChI is InChI=1S/C15H29N3O7/c1-16-7-3-2-4-10(13(20)21)17-8-5-11(14(22)23)18-9-6-12(19)15(24)25/h10-12,16-19H,2-9H2,1H3,(H,20,21)(H,22,23)(H,24,25)/t10-,11-,12-/m0/s1. The van der Waals surface area contributed by atoms with Gasteiger partial charge in [0.25, 0.3) is 0 Å². The Bertz CT molecular complexity index is 420. The van der Waals surface area contributed by atoms with Gasteiger partial charge in [-0.3, -0.25) is 9.59 Å². The predicted molar refractivity (Wildman–Crippen MR) is 89.5 cm³/mol. The van der Waals surface area contributed by atoms with Crippen molar-refractivity contribution in [2.45, 2.75) is 50.3 Å². The third-order valence-corrected chi connectivity index (χ3v) is 3.68. The van der Waals surface area contributed by atoms with Crippen LogP contribution < -0.4 is 16.0 Å². The molecule has 0 amide bonds. The Morgan fingerprint density at radius 1 is 0.760 bits per heavy atom. The fourth-order valence-electron chi connectivity index (χ4n) is 2.20. The number of unbranched alkanes of at least 4 members (excludes halogenated alkanes) is 1. The summed E-state index contributed by atoms with van der Waals surface area (Å²) in [5, 5.41) is 44.4. The lowest BCUT2D eigenvalue weighted by molar-refractivity contribution is -0.146. The number of carboxylic acids is 3. The molecule has 146 valence electrons. The van der Waals surface area contributed by atoms with Crippen molar-refractivity contribution in [3.63, 3.8) is 0 Å². The summed E-state index contributed by atoms with van der Waals surface area (Å²) >= 11 is 0. The summed E-state index contributed by atoms with van der Waals surface area (Å²) in [7, 11) is 1.82. The van der Waals surface area contributed by atoms with Crippen LogP contribution in [0.5, 0.6) is 0 Å². The molecule has 0 radical (unpaired) electrons. The normalized spacial score (nSPS) is 14.6. The van der Waals surface area contributed by atoms with E-state index in [-0.39, 0.29) is 25.9 Å². The maximum atomic E-state index is 11.2. The number of aliphatic carboxylic acids is 3. The van der Waals surface area contributed by atoms with E-state index in [4.69, 9.17) is 20.4 Å². The second-order valence-electron chi connectivity index (χ2n) is 5.72. The number of hydrogen-bond donors (Lipinski definition) is 7. The van der Waals surface area contributed by atoms with Crippen LogP contribution in [0.4, 0.5) is 0 Å². The Morgan fingerprint density at radius 2 is 1.28 bits per heavy atom. The Hall–Kier alpha value is -1.75. The molecular weight excluding hydrogens is 334 g/mol. The topological polar surface area (TPSA) is 168 Å². The van der Waals surface area contributed by atoms with E-state index in [1.807, 2.05) is 7.05 Å². The zero-order valence-corrected chi connectivity index (χ0v) is 14.4. The van der Waals surface area contributed by atoms with Crippen molar-refractivity contribution in [2.75, 3.05) is 26.7 Å². The second-order valence-corrected chi connectivity index (χ2v) is 5.72. The number of carbonyl (C=O) groups is 3. The van der Waals surface area contributed by atoms with Crippen LogP contribution in [0.25, 0.3) is 0 Å². The fraction of sp³-hybridized carbons (Fsp3) is 0.800. The average molecular weight is 363 g/mol. The minimum Gasteiger partial charge on any atom is -0.480 e. The number of aliphatic hydroxyl groups excluding tert-OH is 1. The van der Waals surface area contributed by atoms with Crippen LogP contribution in [-0.4, -0.2) is 83.2 Å². The van der Waals surface area contributed by atoms with Crippen LogP contribution in [0.2, 0.25) is 0 Å². The van der Waals surface area contributed by atoms with Crippen molar-refractivity contribution in [3.05, 3.63) is 0 Å². The molecule has 0 unspecified atom stereocenters. The van der Waals surface area contributed by atoms with E-state index in [1.165, 1.54) is 0 Å². The Kier molecular flexibility index (Phi) is 12.6. The summed E-state index contributed by atoms with van der Waals surface area (Å²) in [6, 6.07) is -1.69. The third-order valence-electron chi connectivity index (χ3n) is 3.68. The lowest BCUT2D eigenvalue weighted by Crippen LogP contribution is -2.43. The highest BCUT2D eigenvalue weighted by Gasteiger charge is 2.21. The summed E-state index contributed by atoms with van der Waals surface area (Å²) in [6.07, 6.45) is 0.516. The summed E-state index contributed by atoms with van der Waals surface area (Å²) in [6.45, 7) is 1.02. The molecule has 0 rings (SSSR count). The van der Waals surface area contributed by atoms with E-state index in [1.54, 1.807) is 0 Å². The molecule has 10 nitrogen and oxygen atoms in total. The minimum absolute atomic E-state index is 0.0246. The van der Waals surface area contributed by atoms with Gasteiger partial charge in [-0.15, -0.1) is 0 Å². The summed E-state index contributed by atoms with van der Waals surface area (Å²) in [5.41, 5.74) is 0. The van der Waals surface area contributed by atoms with Gasteiger partial charge in [-0.1, -0.05) is 6.42 Å². The summed E-state index contributed by atoms with van der Waals surface area (Å²) in [4.78, 5) is 32.8. The van der Waals surface area contributed by atoms with Gasteiger partial charge in [0.2, 0.25) is 0 Å². The van der Waals surface area contributed by atoms with E-state index in [0.29, 0.717) is 6.42 Å². The van der Waals surface area contributed by atoms with Crippen molar-refractivity contribution in [1.29, 1.82) is 0 Å². The molecule has 0 aromatic carbocycles. The van der Waals surface area contributed by atoms with Gasteiger partial charge >= 0.3 is 17.9 Å². The number of carboxylic acid groups (broad SMARTS) is 3. The molecule has 0 aliphatic heterocycles. The smallest absolute Gasteiger partial charge is 0.332 e. The molecule has 0 saturated carbocycles. The molecule has 0 aliphatic carbocycles. The van der Waals surface area contributed by atoms with Crippen molar-refractivity contribution in [1.82, 2.24) is 16.0 Å². The van der Waals surface area contributed by atoms with Crippen LogP contribution >= 0.6 is 0 Å². The van der Waals surface area contributed by atoms with Gasteiger partial charge in [-0.2, -0.15) is 0 Å². The number of nitrogens with one attached hydrogen (secondary N) is 3. The van der Waals surface area contributed by atoms with E-state index in [0.717, 1.165) is 19.4 Å². The van der Waals surface area contributed by atoms with Crippen molar-refractivity contribution in [2.24, 2.45) is 0 Å². The van der Waals surface area contributed by atoms with E-state index >= 15 is 0 Å². The zero-order chi connectivity index (χ0) is 19.2. The van der Waals surface area contributed by atoms with Gasteiger partial charge < -0.3 is 36.4 Å². The second kappa shape index (κ2) is 13.5. The zero-order valence-electron chi connectivity index (χ0n) is 14.4. The fourth-order valence-corrected chi connectivity index (χ4v) is 2.20. The molecule has 0 bridgehead atoms. The van der Waals surface area contributed by atoms with E-state index in [9.17, 15) is 14.4 Å². The molecule has 0 heterocycles. The SMILES string of the molecule is CNCCCC[C@H](NCC[C@H](NCC[C@H](O)C(=O)O)C(=O)O)C(=O)O. The third kappa shape index (κ3) is 11.4. The molecule has 10 heteroatoms. The molecule has 0 aliphatic rings. The summed E-state index contributed by atoms with van der Waals surface area (Å²) in [5.74, 6) is -3.46. The molecule has 0 aromatic rings. The first-order chi connectivity index (χ1) is 11.8. The molecule has 3 atom stereocenters. The molecule has 7 N–H and O–H groups in total. The molecular formula is C15H29N3O7. The Balaban J connectivity index is 4.19. The highest BCUT2D eigenvalue weighted by Crippen LogP contribution is 2.02. The minimum atomic E-state index is -1.55. The molecule has 25 heavy (non-hydrogen) atoms. The van der Waals surface area contributed by atoms with Crippen LogP contribution in [0.15, 0.2) is 0 Å². The lowest BCUT2D eigenvalue weighted by Gasteiger charge is -2.18. The van der Waals surface area contributed by atoms with Crippen LogP contribution in [-0.2, 0) is 14.4 Å². The highest BCUT2D eigenvalue weighted by molar-refractivity contribution is 5.74. The highest BCUT2D eigenvalue weighted by atomic mass is 16.4. The number of aliphatic hydroxyl groups is 1. The average Bonchev–Trinajstić information content (AvgIpc) is 2.54. The van der Waals surface area contributed by atoms with Crippen LogP contribution in [0.3, 0.4) is 0 Å². The van der Waals surface area contributed by atoms with Gasteiger partial charge in [-0.05, 0) is 52.4 Å². The maximum absolute atomic E-state index is 11.2. The van der Waals surface area contributed by atoms with Gasteiger partial charge in [0.05, 0.1) is 0 Å². The Morgan fingerprint density at radius 3 is 1.76 bits per heavy atom. The van der Waals surface area contributed by atoms with E-state index < -0.39 is 36.1 Å². The monoisotopic (exact) mass is 363 g/mol. The van der Waals surface area contributed by atoms with Gasteiger partial charge in [0.15, 0.2) is 6.10 Å². The van der Waals surface area contributed by atoms with Crippen molar-refractivity contribution >= 4 is 17.9 Å². The predicted octanol–water partition coefficient (Wildman–Crippen LogP) is -1.31. The Labute approximate surface area is 146 Å². The molecule has 0 fully saturated rings.